The average molecular weight is 372 g/mol. The van der Waals surface area contributed by atoms with Gasteiger partial charge in [-0.3, -0.25) is 0 Å². The zero-order chi connectivity index (χ0) is 18.4. The van der Waals surface area contributed by atoms with Crippen molar-refractivity contribution in [1.29, 1.82) is 0 Å². The molecule has 1 aromatic heterocycles. The third kappa shape index (κ3) is 3.86. The fraction of sp³-hybridized carbons (Fsp3) is 0.429. The predicted octanol–water partition coefficient (Wildman–Crippen LogP) is 5.23. The number of nitrogens with zero attached hydrogens (tertiary/aromatic N) is 1. The summed E-state index contributed by atoms with van der Waals surface area (Å²) >= 11 is 0. The molecule has 0 bridgehead atoms. The summed E-state index contributed by atoms with van der Waals surface area (Å²) < 4.78 is 20.4. The smallest absolute Gasteiger partial charge is 0.374 e. The van der Waals surface area contributed by atoms with Crippen LogP contribution in [-0.2, 0) is 19.8 Å². The number of para-hydroxylation sites is 2. The van der Waals surface area contributed by atoms with Crippen LogP contribution in [0, 0.1) is 0 Å². The summed E-state index contributed by atoms with van der Waals surface area (Å²) in [5.41, 5.74) is 2.57. The summed E-state index contributed by atoms with van der Waals surface area (Å²) in [5, 5.41) is 2.62. The molecule has 0 fully saturated rings. The van der Waals surface area contributed by atoms with Gasteiger partial charge < -0.3 is 17.8 Å². The molecule has 3 rings (SSSR count). The van der Waals surface area contributed by atoms with Crippen LogP contribution in [0.25, 0.3) is 21.8 Å². The van der Waals surface area contributed by atoms with Crippen LogP contribution in [0.1, 0.15) is 27.2 Å². The Kier molecular flexibility index (Phi) is 6.48. The third-order valence-corrected chi connectivity index (χ3v) is 7.79. The maximum atomic E-state index is 5.99. The molecule has 0 saturated heterocycles. The Morgan fingerprint density at radius 3 is 1.65 bits per heavy atom. The predicted molar refractivity (Wildman–Crippen MR) is 110 cm³/mol. The van der Waals surface area contributed by atoms with E-state index < -0.39 is 8.80 Å². The van der Waals surface area contributed by atoms with E-state index in [1.165, 1.54) is 21.8 Å². The minimum atomic E-state index is -2.58. The highest BCUT2D eigenvalue weighted by molar-refractivity contribution is 6.60. The average Bonchev–Trinajstić information content (AvgIpc) is 2.97. The summed E-state index contributed by atoms with van der Waals surface area (Å²) in [5.74, 6) is 0. The molecule has 5 heteroatoms. The minimum absolute atomic E-state index is 0.627. The van der Waals surface area contributed by atoms with Gasteiger partial charge in [-0.1, -0.05) is 36.4 Å². The van der Waals surface area contributed by atoms with E-state index in [9.17, 15) is 0 Å². The van der Waals surface area contributed by atoms with Crippen LogP contribution in [0.3, 0.4) is 0 Å². The maximum absolute atomic E-state index is 5.99. The fourth-order valence-electron chi connectivity index (χ4n) is 3.70. The van der Waals surface area contributed by atoms with Crippen LogP contribution in [0.5, 0.6) is 0 Å². The molecule has 0 atom stereocenters. The van der Waals surface area contributed by atoms with Crippen LogP contribution in [-0.4, -0.2) is 33.2 Å². The lowest BCUT2D eigenvalue weighted by Gasteiger charge is -2.28. The van der Waals surface area contributed by atoms with Crippen LogP contribution < -0.4 is 0 Å². The molecule has 3 aromatic rings. The lowest BCUT2D eigenvalue weighted by Crippen LogP contribution is -2.46. The van der Waals surface area contributed by atoms with Crippen LogP contribution in [0.15, 0.2) is 48.5 Å². The van der Waals surface area contributed by atoms with E-state index in [2.05, 4.69) is 53.1 Å². The van der Waals surface area contributed by atoms with Crippen molar-refractivity contribution in [2.45, 2.75) is 39.8 Å². The highest BCUT2D eigenvalue weighted by Gasteiger charge is 2.39. The molecule has 140 valence electrons. The monoisotopic (exact) mass is 371 g/mol. The van der Waals surface area contributed by atoms with Crippen LogP contribution in [0.2, 0.25) is 6.04 Å². The Hall–Kier alpha value is -1.66. The number of rotatable bonds is 10. The van der Waals surface area contributed by atoms with E-state index in [1.807, 2.05) is 20.8 Å². The Morgan fingerprint density at radius 2 is 1.19 bits per heavy atom. The molecular formula is C21H29NO3Si. The third-order valence-electron chi connectivity index (χ3n) is 4.64. The van der Waals surface area contributed by atoms with Crippen molar-refractivity contribution in [2.75, 3.05) is 19.8 Å². The first-order valence-electron chi connectivity index (χ1n) is 9.62. The van der Waals surface area contributed by atoms with Crippen molar-refractivity contribution in [3.8, 4) is 0 Å². The molecule has 0 spiro atoms. The zero-order valence-corrected chi connectivity index (χ0v) is 17.0. The highest BCUT2D eigenvalue weighted by atomic mass is 28.4. The Balaban J connectivity index is 1.84. The number of hydrogen-bond donors (Lipinski definition) is 0. The molecule has 0 saturated carbocycles. The SMILES string of the molecule is CCO[Si](CCCn1c2ccccc2c2ccccc21)(OCC)OCC. The van der Waals surface area contributed by atoms with Gasteiger partial charge in [-0.05, 0) is 39.3 Å². The molecule has 0 N–H and O–H groups in total. The van der Waals surface area contributed by atoms with Crippen molar-refractivity contribution in [2.24, 2.45) is 0 Å². The molecule has 0 aliphatic carbocycles. The summed E-state index contributed by atoms with van der Waals surface area (Å²) in [7, 11) is -2.58. The number of fused-ring (bicyclic) bond motifs is 3. The van der Waals surface area contributed by atoms with E-state index in [-0.39, 0.29) is 0 Å². The Bertz CT molecular complexity index is 775. The normalized spacial score (nSPS) is 12.3. The van der Waals surface area contributed by atoms with E-state index in [0.717, 1.165) is 19.0 Å². The molecule has 1 heterocycles. The van der Waals surface area contributed by atoms with Gasteiger partial charge >= 0.3 is 8.80 Å². The lowest BCUT2D eigenvalue weighted by molar-refractivity contribution is 0.0705. The summed E-state index contributed by atoms with van der Waals surface area (Å²) in [6.45, 7) is 8.83. The second kappa shape index (κ2) is 8.82. The highest BCUT2D eigenvalue weighted by Crippen LogP contribution is 2.29. The first-order valence-corrected chi connectivity index (χ1v) is 11.6. The maximum Gasteiger partial charge on any atom is 0.500 e. The van der Waals surface area contributed by atoms with E-state index in [4.69, 9.17) is 13.3 Å². The lowest BCUT2D eigenvalue weighted by atomic mass is 10.2. The second-order valence-corrected chi connectivity index (χ2v) is 9.00. The number of aryl methyl sites for hydroxylation is 1. The van der Waals surface area contributed by atoms with Gasteiger partial charge in [0.05, 0.1) is 0 Å². The van der Waals surface area contributed by atoms with Gasteiger partial charge in [0.2, 0.25) is 0 Å². The standard InChI is InChI=1S/C21H29NO3Si/c1-4-23-26(24-5-2,25-6-3)17-11-16-22-20-14-9-7-12-18(20)19-13-8-10-15-21(19)22/h7-10,12-15H,4-6,11,16-17H2,1-3H3. The first kappa shape index (κ1) is 19.1. The molecule has 4 nitrogen and oxygen atoms in total. The van der Waals surface area contributed by atoms with Gasteiger partial charge in [-0.15, -0.1) is 0 Å². The van der Waals surface area contributed by atoms with Crippen molar-refractivity contribution >= 4 is 30.6 Å². The summed E-state index contributed by atoms with van der Waals surface area (Å²) in [6, 6.07) is 18.1. The quantitative estimate of drug-likeness (QED) is 0.457. The number of hydrogen-bond acceptors (Lipinski definition) is 3. The second-order valence-electron chi connectivity index (χ2n) is 6.27. The molecule has 0 aliphatic rings. The molecule has 0 amide bonds. The van der Waals surface area contributed by atoms with E-state index in [0.29, 0.717) is 19.8 Å². The van der Waals surface area contributed by atoms with Gasteiger partial charge in [0.25, 0.3) is 0 Å². The van der Waals surface area contributed by atoms with E-state index in [1.54, 1.807) is 0 Å². The summed E-state index contributed by atoms with van der Waals surface area (Å²) in [4.78, 5) is 0. The molecule has 0 unspecified atom stereocenters. The number of aromatic nitrogens is 1. The topological polar surface area (TPSA) is 32.6 Å². The Morgan fingerprint density at radius 1 is 0.731 bits per heavy atom. The van der Waals surface area contributed by atoms with Gasteiger partial charge in [0, 0.05) is 54.2 Å². The van der Waals surface area contributed by atoms with Crippen LogP contribution in [0.4, 0.5) is 0 Å². The largest absolute Gasteiger partial charge is 0.500 e. The zero-order valence-electron chi connectivity index (χ0n) is 16.0. The summed E-state index contributed by atoms with van der Waals surface area (Å²) in [6.07, 6.45) is 0.967. The molecule has 2 aromatic carbocycles. The van der Waals surface area contributed by atoms with Gasteiger partial charge in [0.1, 0.15) is 0 Å². The minimum Gasteiger partial charge on any atom is -0.374 e. The van der Waals surface area contributed by atoms with Gasteiger partial charge in [-0.2, -0.15) is 0 Å². The van der Waals surface area contributed by atoms with Crippen molar-refractivity contribution in [1.82, 2.24) is 4.57 Å². The van der Waals surface area contributed by atoms with Gasteiger partial charge in [-0.25, -0.2) is 0 Å². The van der Waals surface area contributed by atoms with Crippen molar-refractivity contribution in [3.63, 3.8) is 0 Å². The first-order chi connectivity index (χ1) is 12.7. The molecular weight excluding hydrogens is 342 g/mol. The number of benzene rings is 2. The molecule has 0 radical (unpaired) electrons. The van der Waals surface area contributed by atoms with Crippen molar-refractivity contribution in [3.05, 3.63) is 48.5 Å². The van der Waals surface area contributed by atoms with Gasteiger partial charge in [0.15, 0.2) is 0 Å². The van der Waals surface area contributed by atoms with Crippen molar-refractivity contribution < 1.29 is 13.3 Å². The molecule has 26 heavy (non-hydrogen) atoms. The van der Waals surface area contributed by atoms with Crippen LogP contribution >= 0.6 is 0 Å². The Labute approximate surface area is 157 Å². The fourth-order valence-corrected chi connectivity index (χ4v) is 6.29. The molecule has 0 aliphatic heterocycles. The van der Waals surface area contributed by atoms with E-state index >= 15 is 0 Å².